The van der Waals surface area contributed by atoms with Crippen molar-refractivity contribution in [1.29, 1.82) is 0 Å². The zero-order chi connectivity index (χ0) is 17.1. The molecule has 0 aliphatic rings. The van der Waals surface area contributed by atoms with E-state index in [1.165, 1.54) is 0 Å². The lowest BCUT2D eigenvalue weighted by Gasteiger charge is -2.04. The average Bonchev–Trinajstić information content (AvgIpc) is 2.52. The van der Waals surface area contributed by atoms with Crippen molar-refractivity contribution in [3.8, 4) is 0 Å². The number of allylic oxidation sites excluding steroid dienone is 1. The van der Waals surface area contributed by atoms with Gasteiger partial charge in [0.05, 0.1) is 12.2 Å². The first-order chi connectivity index (χ1) is 11.0. The van der Waals surface area contributed by atoms with Crippen LogP contribution in [0, 0.1) is 0 Å². The normalized spacial score (nSPS) is 14.4. The fourth-order valence-corrected chi connectivity index (χ4v) is 2.10. The molecule has 0 aliphatic carbocycles. The predicted molar refractivity (Wildman–Crippen MR) is 92.1 cm³/mol. The largest absolute Gasteiger partial charge is 0.481 e. The number of aliphatic carboxylic acids is 1. The Morgan fingerprint density at radius 2 is 2.00 bits per heavy atom. The van der Waals surface area contributed by atoms with E-state index >= 15 is 0 Å². The molecule has 1 rings (SSSR count). The smallest absolute Gasteiger partial charge is 0.303 e. The van der Waals surface area contributed by atoms with Crippen molar-refractivity contribution < 1.29 is 20.1 Å². The number of hydrogen-bond acceptors (Lipinski definition) is 3. The molecule has 0 spiro atoms. The fourth-order valence-electron chi connectivity index (χ4n) is 2.10. The molecular weight excluding hydrogens is 292 g/mol. The molecule has 0 aliphatic heterocycles. The summed E-state index contributed by atoms with van der Waals surface area (Å²) >= 11 is 0. The minimum atomic E-state index is -0.834. The van der Waals surface area contributed by atoms with Gasteiger partial charge in [0, 0.05) is 6.42 Å². The van der Waals surface area contributed by atoms with Crippen molar-refractivity contribution >= 4 is 12.0 Å². The van der Waals surface area contributed by atoms with Gasteiger partial charge in [-0.25, -0.2) is 0 Å². The molecule has 0 fully saturated rings. The highest BCUT2D eigenvalue weighted by Crippen LogP contribution is 2.10. The van der Waals surface area contributed by atoms with Crippen LogP contribution in [0.1, 0.15) is 43.7 Å². The number of carboxylic acid groups (broad SMARTS) is 1. The van der Waals surface area contributed by atoms with E-state index in [9.17, 15) is 15.0 Å². The summed E-state index contributed by atoms with van der Waals surface area (Å²) in [7, 11) is 0. The van der Waals surface area contributed by atoms with E-state index in [4.69, 9.17) is 5.11 Å². The van der Waals surface area contributed by atoms with E-state index in [-0.39, 0.29) is 6.42 Å². The first-order valence-corrected chi connectivity index (χ1v) is 8.03. The summed E-state index contributed by atoms with van der Waals surface area (Å²) in [5.41, 5.74) is 2.15. The van der Waals surface area contributed by atoms with Crippen LogP contribution in [0.4, 0.5) is 0 Å². The van der Waals surface area contributed by atoms with E-state index in [1.807, 2.05) is 43.3 Å². The Labute approximate surface area is 137 Å². The molecule has 0 bridgehead atoms. The molecule has 1 aromatic carbocycles. The number of aliphatic hydroxyl groups excluding tert-OH is 2. The molecule has 0 saturated heterocycles. The number of carboxylic acids is 1. The first kappa shape index (κ1) is 19.1. The third kappa shape index (κ3) is 8.96. The van der Waals surface area contributed by atoms with Gasteiger partial charge in [-0.15, -0.1) is 0 Å². The molecule has 1 aromatic rings. The third-order valence-electron chi connectivity index (χ3n) is 3.48. The second kappa shape index (κ2) is 10.8. The fraction of sp³-hybridized carbons (Fsp3) is 0.421. The van der Waals surface area contributed by atoms with Gasteiger partial charge in [0.25, 0.3) is 0 Å². The molecule has 4 heteroatoms. The zero-order valence-corrected chi connectivity index (χ0v) is 13.6. The highest BCUT2D eigenvalue weighted by molar-refractivity contribution is 5.66. The summed E-state index contributed by atoms with van der Waals surface area (Å²) < 4.78 is 0. The van der Waals surface area contributed by atoms with E-state index in [1.54, 1.807) is 12.2 Å². The van der Waals surface area contributed by atoms with Crippen LogP contribution < -0.4 is 0 Å². The van der Waals surface area contributed by atoms with Crippen LogP contribution in [0.3, 0.4) is 0 Å². The number of aliphatic hydroxyl groups is 2. The monoisotopic (exact) mass is 318 g/mol. The Hall–Kier alpha value is -1.91. The summed E-state index contributed by atoms with van der Waals surface area (Å²) in [6, 6.07) is 7.99. The molecule has 23 heavy (non-hydrogen) atoms. The van der Waals surface area contributed by atoms with Gasteiger partial charge in [-0.05, 0) is 36.8 Å². The standard InChI is InChI=1S/C19H26O4/c1-2-17(20)13-12-16-7-3-6-15(14-16)8-4-9-18(21)10-5-11-19(22)23/h3-4,6-7,9,12-14,17-18,20-21H,2,5,8,10-11H2,1H3,(H,22,23)/b9-4+,13-12+/t17-,18-/m1/s1. The summed E-state index contributed by atoms with van der Waals surface area (Å²) in [5, 5.41) is 27.8. The van der Waals surface area contributed by atoms with Crippen molar-refractivity contribution in [2.75, 3.05) is 0 Å². The van der Waals surface area contributed by atoms with Gasteiger partial charge in [0.1, 0.15) is 0 Å². The maximum absolute atomic E-state index is 10.4. The lowest BCUT2D eigenvalue weighted by atomic mass is 10.1. The van der Waals surface area contributed by atoms with E-state index < -0.39 is 18.2 Å². The highest BCUT2D eigenvalue weighted by atomic mass is 16.4. The SMILES string of the molecule is CC[C@@H](O)/C=C/c1cccc(C/C=C/[C@@H](O)CCCC(=O)O)c1. The summed E-state index contributed by atoms with van der Waals surface area (Å²) in [5.74, 6) is -0.834. The highest BCUT2D eigenvalue weighted by Gasteiger charge is 2.02. The second-order valence-electron chi connectivity index (χ2n) is 5.57. The summed E-state index contributed by atoms with van der Waals surface area (Å²) in [6.45, 7) is 1.93. The molecule has 0 radical (unpaired) electrons. The van der Waals surface area contributed by atoms with Gasteiger partial charge in [-0.1, -0.05) is 55.5 Å². The molecule has 3 N–H and O–H groups in total. The van der Waals surface area contributed by atoms with E-state index in [2.05, 4.69) is 0 Å². The van der Waals surface area contributed by atoms with Gasteiger partial charge in [-0.2, -0.15) is 0 Å². The number of hydrogen-bond donors (Lipinski definition) is 3. The van der Waals surface area contributed by atoms with Crippen molar-refractivity contribution in [2.24, 2.45) is 0 Å². The molecule has 0 saturated carbocycles. The molecule has 0 amide bonds. The number of benzene rings is 1. The summed E-state index contributed by atoms with van der Waals surface area (Å²) in [6.07, 6.45) is 8.69. The minimum absolute atomic E-state index is 0.0862. The summed E-state index contributed by atoms with van der Waals surface area (Å²) in [4.78, 5) is 10.4. The Morgan fingerprint density at radius 3 is 2.70 bits per heavy atom. The van der Waals surface area contributed by atoms with Crippen LogP contribution in [0.15, 0.2) is 42.5 Å². The Morgan fingerprint density at radius 1 is 1.22 bits per heavy atom. The lowest BCUT2D eigenvalue weighted by molar-refractivity contribution is -0.137. The molecule has 126 valence electrons. The molecule has 4 nitrogen and oxygen atoms in total. The molecule has 0 unspecified atom stereocenters. The van der Waals surface area contributed by atoms with Crippen LogP contribution >= 0.6 is 0 Å². The van der Waals surface area contributed by atoms with E-state index in [0.717, 1.165) is 11.1 Å². The predicted octanol–water partition coefficient (Wildman–Crippen LogP) is 3.19. The van der Waals surface area contributed by atoms with Gasteiger partial charge in [-0.3, -0.25) is 4.79 Å². The van der Waals surface area contributed by atoms with Crippen LogP contribution in [-0.4, -0.2) is 33.5 Å². The van der Waals surface area contributed by atoms with Crippen LogP contribution in [0.2, 0.25) is 0 Å². The van der Waals surface area contributed by atoms with Crippen molar-refractivity contribution in [3.63, 3.8) is 0 Å². The Bertz CT molecular complexity index is 534. The van der Waals surface area contributed by atoms with Gasteiger partial charge >= 0.3 is 5.97 Å². The maximum atomic E-state index is 10.4. The molecular formula is C19H26O4. The van der Waals surface area contributed by atoms with Gasteiger partial charge in [0.2, 0.25) is 0 Å². The van der Waals surface area contributed by atoms with E-state index in [0.29, 0.717) is 25.7 Å². The van der Waals surface area contributed by atoms with Gasteiger partial charge < -0.3 is 15.3 Å². The number of carbonyl (C=O) groups is 1. The van der Waals surface area contributed by atoms with Gasteiger partial charge in [0.15, 0.2) is 0 Å². The topological polar surface area (TPSA) is 77.8 Å². The zero-order valence-electron chi connectivity index (χ0n) is 13.6. The number of rotatable bonds is 10. The van der Waals surface area contributed by atoms with Crippen LogP contribution in [0.5, 0.6) is 0 Å². The Kier molecular flexibility index (Phi) is 8.95. The third-order valence-corrected chi connectivity index (χ3v) is 3.48. The Balaban J connectivity index is 2.46. The van der Waals surface area contributed by atoms with Crippen LogP contribution in [-0.2, 0) is 11.2 Å². The minimum Gasteiger partial charge on any atom is -0.481 e. The average molecular weight is 318 g/mol. The maximum Gasteiger partial charge on any atom is 0.303 e. The second-order valence-corrected chi connectivity index (χ2v) is 5.57. The van der Waals surface area contributed by atoms with Crippen molar-refractivity contribution in [2.45, 2.75) is 51.2 Å². The van der Waals surface area contributed by atoms with Crippen LogP contribution in [0.25, 0.3) is 6.08 Å². The molecule has 0 heterocycles. The van der Waals surface area contributed by atoms with Crippen molar-refractivity contribution in [1.82, 2.24) is 0 Å². The molecule has 0 aromatic heterocycles. The van der Waals surface area contributed by atoms with Crippen molar-refractivity contribution in [3.05, 3.63) is 53.6 Å². The molecule has 2 atom stereocenters. The first-order valence-electron chi connectivity index (χ1n) is 8.03. The lowest BCUT2D eigenvalue weighted by Crippen LogP contribution is -2.04. The quantitative estimate of drug-likeness (QED) is 0.579.